The van der Waals surface area contributed by atoms with Crippen LogP contribution in [0.3, 0.4) is 0 Å². The number of nitrogens with one attached hydrogen (secondary N) is 1. The molecule has 1 amide bonds. The quantitative estimate of drug-likeness (QED) is 0.911. The molecule has 2 N–H and O–H groups in total. The fourth-order valence-corrected chi connectivity index (χ4v) is 3.07. The van der Waals surface area contributed by atoms with Gasteiger partial charge in [-0.3, -0.25) is 9.78 Å². The van der Waals surface area contributed by atoms with E-state index in [0.29, 0.717) is 19.3 Å². The summed E-state index contributed by atoms with van der Waals surface area (Å²) < 4.78 is 0. The van der Waals surface area contributed by atoms with Gasteiger partial charge in [0.15, 0.2) is 0 Å². The van der Waals surface area contributed by atoms with Crippen molar-refractivity contribution in [3.05, 3.63) is 59.4 Å². The molecule has 4 nitrogen and oxygen atoms in total. The smallest absolute Gasteiger partial charge is 0.224 e. The summed E-state index contributed by atoms with van der Waals surface area (Å²) in [5.74, 6) is 0.0522. The molecule has 0 radical (unpaired) electrons. The third-order valence-corrected chi connectivity index (χ3v) is 4.23. The van der Waals surface area contributed by atoms with E-state index >= 15 is 0 Å². The van der Waals surface area contributed by atoms with Gasteiger partial charge in [-0.15, -0.1) is 0 Å². The van der Waals surface area contributed by atoms with Crippen molar-refractivity contribution in [2.75, 3.05) is 5.32 Å². The van der Waals surface area contributed by atoms with Crippen molar-refractivity contribution in [2.24, 2.45) is 0 Å². The zero-order chi connectivity index (χ0) is 15.6. The number of carbonyl (C=O) groups is 1. The Hall–Kier alpha value is -2.20. The lowest BCUT2D eigenvalue weighted by molar-refractivity contribution is -0.116. The molecular weight excluding hydrogens is 276 g/mol. The molecule has 1 aromatic carbocycles. The van der Waals surface area contributed by atoms with Crippen LogP contribution in [0.25, 0.3) is 0 Å². The number of amides is 1. The summed E-state index contributed by atoms with van der Waals surface area (Å²) in [5, 5.41) is 14.2. The van der Waals surface area contributed by atoms with Crippen molar-refractivity contribution in [3.63, 3.8) is 0 Å². The molecule has 1 aliphatic heterocycles. The molecule has 0 fully saturated rings. The molecule has 0 saturated carbocycles. The lowest BCUT2D eigenvalue weighted by Gasteiger charge is -2.30. The van der Waals surface area contributed by atoms with Gasteiger partial charge in [-0.2, -0.15) is 0 Å². The average molecular weight is 296 g/mol. The summed E-state index contributed by atoms with van der Waals surface area (Å²) in [4.78, 5) is 15.6. The van der Waals surface area contributed by atoms with Gasteiger partial charge in [0.05, 0.1) is 0 Å². The summed E-state index contributed by atoms with van der Waals surface area (Å²) in [6.45, 7) is 2.06. The summed E-state index contributed by atoms with van der Waals surface area (Å²) in [5.41, 5.74) is 2.55. The van der Waals surface area contributed by atoms with Crippen LogP contribution in [0.2, 0.25) is 0 Å². The van der Waals surface area contributed by atoms with E-state index in [1.54, 1.807) is 12.4 Å². The molecule has 22 heavy (non-hydrogen) atoms. The maximum atomic E-state index is 11.5. The lowest BCUT2D eigenvalue weighted by atomic mass is 9.82. The van der Waals surface area contributed by atoms with Gasteiger partial charge in [-0.25, -0.2) is 0 Å². The number of hydrogen-bond donors (Lipinski definition) is 2. The zero-order valence-corrected chi connectivity index (χ0v) is 12.7. The Labute approximate surface area is 130 Å². The second-order valence-electron chi connectivity index (χ2n) is 5.77. The number of anilines is 1. The molecular formula is C18H20N2O2. The SMILES string of the molecule is CCCC(O)(c1cccnc1)c1ccc2c(c1)CCC(=O)N2. The highest BCUT2D eigenvalue weighted by Crippen LogP contribution is 2.36. The van der Waals surface area contributed by atoms with Crippen molar-refractivity contribution in [2.45, 2.75) is 38.2 Å². The topological polar surface area (TPSA) is 62.2 Å². The molecule has 0 bridgehead atoms. The van der Waals surface area contributed by atoms with Crippen LogP contribution < -0.4 is 5.32 Å². The Morgan fingerprint density at radius 3 is 2.86 bits per heavy atom. The molecule has 114 valence electrons. The van der Waals surface area contributed by atoms with E-state index in [-0.39, 0.29) is 5.91 Å². The van der Waals surface area contributed by atoms with Gasteiger partial charge in [-0.1, -0.05) is 31.5 Å². The van der Waals surface area contributed by atoms with Gasteiger partial charge in [0.1, 0.15) is 5.60 Å². The largest absolute Gasteiger partial charge is 0.380 e. The maximum absolute atomic E-state index is 11.5. The van der Waals surface area contributed by atoms with E-state index in [1.807, 2.05) is 30.3 Å². The summed E-state index contributed by atoms with van der Waals surface area (Å²) in [6.07, 6.45) is 6.12. The molecule has 1 unspecified atom stereocenters. The summed E-state index contributed by atoms with van der Waals surface area (Å²) in [7, 11) is 0. The predicted molar refractivity (Wildman–Crippen MR) is 85.5 cm³/mol. The van der Waals surface area contributed by atoms with Crippen LogP contribution in [0.15, 0.2) is 42.7 Å². The number of fused-ring (bicyclic) bond motifs is 1. The molecule has 2 aromatic rings. The monoisotopic (exact) mass is 296 g/mol. The van der Waals surface area contributed by atoms with Crippen molar-refractivity contribution in [1.29, 1.82) is 0 Å². The molecule has 1 aliphatic rings. The van der Waals surface area contributed by atoms with Crippen molar-refractivity contribution in [3.8, 4) is 0 Å². The van der Waals surface area contributed by atoms with Crippen molar-refractivity contribution < 1.29 is 9.90 Å². The Morgan fingerprint density at radius 1 is 1.27 bits per heavy atom. The van der Waals surface area contributed by atoms with Gasteiger partial charge in [0, 0.05) is 30.1 Å². The van der Waals surface area contributed by atoms with Crippen LogP contribution in [-0.4, -0.2) is 16.0 Å². The Kier molecular flexibility index (Phi) is 3.94. The van der Waals surface area contributed by atoms with Crippen molar-refractivity contribution >= 4 is 11.6 Å². The summed E-state index contributed by atoms with van der Waals surface area (Å²) >= 11 is 0. The third kappa shape index (κ3) is 2.62. The predicted octanol–water partition coefficient (Wildman–Crippen LogP) is 3.00. The fourth-order valence-electron chi connectivity index (χ4n) is 3.07. The number of aliphatic hydroxyl groups is 1. The molecule has 0 aliphatic carbocycles. The normalized spacial score (nSPS) is 16.5. The highest BCUT2D eigenvalue weighted by molar-refractivity contribution is 5.93. The second-order valence-corrected chi connectivity index (χ2v) is 5.77. The lowest BCUT2D eigenvalue weighted by Crippen LogP contribution is -2.28. The molecule has 1 atom stereocenters. The molecule has 0 spiro atoms. The fraction of sp³-hybridized carbons (Fsp3) is 0.333. The van der Waals surface area contributed by atoms with E-state index in [1.165, 1.54) is 0 Å². The van der Waals surface area contributed by atoms with Crippen LogP contribution in [-0.2, 0) is 16.8 Å². The minimum absolute atomic E-state index is 0.0522. The van der Waals surface area contributed by atoms with Gasteiger partial charge >= 0.3 is 0 Å². The standard InChI is InChI=1S/C18H20N2O2/c1-2-9-18(22,15-4-3-10-19-12-15)14-6-7-16-13(11-14)5-8-17(21)20-16/h3-4,6-7,10-12,22H,2,5,8-9H2,1H3,(H,20,21). The first-order chi connectivity index (χ1) is 10.6. The van der Waals surface area contributed by atoms with Crippen LogP contribution in [0, 0.1) is 0 Å². The van der Waals surface area contributed by atoms with Gasteiger partial charge < -0.3 is 10.4 Å². The maximum Gasteiger partial charge on any atom is 0.224 e. The highest BCUT2D eigenvalue weighted by Gasteiger charge is 2.31. The van der Waals surface area contributed by atoms with E-state index in [0.717, 1.165) is 28.8 Å². The molecule has 2 heterocycles. The van der Waals surface area contributed by atoms with Gasteiger partial charge in [-0.05, 0) is 36.1 Å². The number of aromatic nitrogens is 1. The van der Waals surface area contributed by atoms with Crippen LogP contribution in [0.4, 0.5) is 5.69 Å². The second kappa shape index (κ2) is 5.89. The minimum atomic E-state index is -1.04. The molecule has 0 saturated heterocycles. The number of aryl methyl sites for hydroxylation is 1. The number of benzene rings is 1. The number of carbonyl (C=O) groups excluding carboxylic acids is 1. The zero-order valence-electron chi connectivity index (χ0n) is 12.7. The van der Waals surface area contributed by atoms with E-state index in [4.69, 9.17) is 0 Å². The number of nitrogens with zero attached hydrogens (tertiary/aromatic N) is 1. The van der Waals surface area contributed by atoms with Crippen LogP contribution >= 0.6 is 0 Å². The van der Waals surface area contributed by atoms with Crippen molar-refractivity contribution in [1.82, 2.24) is 4.98 Å². The van der Waals surface area contributed by atoms with E-state index in [2.05, 4.69) is 17.2 Å². The average Bonchev–Trinajstić information content (AvgIpc) is 2.55. The Balaban J connectivity index is 2.04. The van der Waals surface area contributed by atoms with E-state index in [9.17, 15) is 9.90 Å². The van der Waals surface area contributed by atoms with Crippen LogP contribution in [0.5, 0.6) is 0 Å². The van der Waals surface area contributed by atoms with E-state index < -0.39 is 5.60 Å². The van der Waals surface area contributed by atoms with Gasteiger partial charge in [0.2, 0.25) is 5.91 Å². The Bertz CT molecular complexity index is 685. The minimum Gasteiger partial charge on any atom is -0.380 e. The number of hydrogen-bond acceptors (Lipinski definition) is 3. The first-order valence-electron chi connectivity index (χ1n) is 7.69. The third-order valence-electron chi connectivity index (χ3n) is 4.23. The molecule has 1 aromatic heterocycles. The number of pyridine rings is 1. The Morgan fingerprint density at radius 2 is 2.14 bits per heavy atom. The molecule has 3 rings (SSSR count). The van der Waals surface area contributed by atoms with Crippen LogP contribution in [0.1, 0.15) is 42.9 Å². The molecule has 4 heteroatoms. The highest BCUT2D eigenvalue weighted by atomic mass is 16.3. The first-order valence-corrected chi connectivity index (χ1v) is 7.69. The summed E-state index contributed by atoms with van der Waals surface area (Å²) in [6, 6.07) is 9.54. The first kappa shape index (κ1) is 14.7. The number of rotatable bonds is 4. The van der Waals surface area contributed by atoms with Gasteiger partial charge in [0.25, 0.3) is 0 Å².